The molecule has 8 heteroatoms. The summed E-state index contributed by atoms with van der Waals surface area (Å²) in [6, 6.07) is 11.0. The maximum absolute atomic E-state index is 5.88. The highest BCUT2D eigenvalue weighted by Crippen LogP contribution is 2.23. The van der Waals surface area contributed by atoms with E-state index in [-0.39, 0.29) is 0 Å². The summed E-state index contributed by atoms with van der Waals surface area (Å²) < 4.78 is 10.6. The van der Waals surface area contributed by atoms with Crippen molar-refractivity contribution in [1.82, 2.24) is 20.3 Å². The van der Waals surface area contributed by atoms with Gasteiger partial charge in [-0.1, -0.05) is 16.8 Å². The highest BCUT2D eigenvalue weighted by molar-refractivity contribution is 6.30. The van der Waals surface area contributed by atoms with Gasteiger partial charge >= 0.3 is 0 Å². The van der Waals surface area contributed by atoms with Crippen molar-refractivity contribution in [1.29, 1.82) is 0 Å². The molecule has 4 rings (SSSR count). The highest BCUT2D eigenvalue weighted by atomic mass is 35.5. The van der Waals surface area contributed by atoms with Gasteiger partial charge < -0.3 is 14.2 Å². The van der Waals surface area contributed by atoms with Crippen LogP contribution in [0, 0.1) is 0 Å². The first-order chi connectivity index (χ1) is 11.8. The van der Waals surface area contributed by atoms with Gasteiger partial charge in [0.15, 0.2) is 11.5 Å². The highest BCUT2D eigenvalue weighted by Gasteiger charge is 2.15. The van der Waals surface area contributed by atoms with E-state index in [1.54, 1.807) is 12.1 Å². The summed E-state index contributed by atoms with van der Waals surface area (Å²) in [5, 5.41) is 13.1. The van der Waals surface area contributed by atoms with Crippen LogP contribution < -0.4 is 4.90 Å². The molecule has 1 fully saturated rings. The Morgan fingerprint density at radius 2 is 1.75 bits per heavy atom. The van der Waals surface area contributed by atoms with E-state index in [2.05, 4.69) is 25.2 Å². The van der Waals surface area contributed by atoms with Gasteiger partial charge in [0.2, 0.25) is 5.82 Å². The second kappa shape index (κ2) is 6.54. The molecule has 3 heterocycles. The molecular weight excluding hydrogens is 330 g/mol. The normalized spacial score (nSPS) is 14.8. The number of hydrogen-bond acceptors (Lipinski definition) is 7. The SMILES string of the molecule is Clc1ccc(-c2noc(-c3ccc(N4CCOCC4)nn3)n2)cc1. The molecule has 0 saturated carbocycles. The van der Waals surface area contributed by atoms with Gasteiger partial charge in [0.05, 0.1) is 13.2 Å². The lowest BCUT2D eigenvalue weighted by Gasteiger charge is -2.27. The maximum atomic E-state index is 5.88. The molecule has 0 aliphatic carbocycles. The van der Waals surface area contributed by atoms with E-state index in [0.717, 1.165) is 24.5 Å². The molecule has 0 spiro atoms. The lowest BCUT2D eigenvalue weighted by molar-refractivity contribution is 0.122. The number of benzene rings is 1. The fourth-order valence-electron chi connectivity index (χ4n) is 2.44. The number of hydrogen-bond donors (Lipinski definition) is 0. The summed E-state index contributed by atoms with van der Waals surface area (Å²) in [6.07, 6.45) is 0. The second-order valence-electron chi connectivity index (χ2n) is 5.31. The molecule has 1 saturated heterocycles. The Labute approximate surface area is 143 Å². The minimum absolute atomic E-state index is 0.334. The molecule has 1 aliphatic heterocycles. The fourth-order valence-corrected chi connectivity index (χ4v) is 2.57. The molecule has 122 valence electrons. The number of rotatable bonds is 3. The van der Waals surface area contributed by atoms with Crippen molar-refractivity contribution < 1.29 is 9.26 Å². The average Bonchev–Trinajstić information content (AvgIpc) is 3.13. The van der Waals surface area contributed by atoms with Crippen LogP contribution in [-0.4, -0.2) is 46.6 Å². The summed E-state index contributed by atoms with van der Waals surface area (Å²) in [5.74, 6) is 1.64. The number of morpholine rings is 1. The van der Waals surface area contributed by atoms with Crippen molar-refractivity contribution in [2.24, 2.45) is 0 Å². The first-order valence-electron chi connectivity index (χ1n) is 7.56. The van der Waals surface area contributed by atoms with E-state index < -0.39 is 0 Å². The van der Waals surface area contributed by atoms with E-state index in [1.807, 2.05) is 24.3 Å². The third kappa shape index (κ3) is 3.08. The van der Waals surface area contributed by atoms with Gasteiger partial charge in [-0.05, 0) is 36.4 Å². The second-order valence-corrected chi connectivity index (χ2v) is 5.74. The number of anilines is 1. The van der Waals surface area contributed by atoms with E-state index in [1.165, 1.54) is 0 Å². The monoisotopic (exact) mass is 343 g/mol. The molecule has 3 aromatic rings. The van der Waals surface area contributed by atoms with Crippen LogP contribution in [0.4, 0.5) is 5.82 Å². The van der Waals surface area contributed by atoms with Crippen LogP contribution >= 0.6 is 11.6 Å². The molecule has 24 heavy (non-hydrogen) atoms. The van der Waals surface area contributed by atoms with Crippen molar-refractivity contribution in [3.8, 4) is 23.0 Å². The average molecular weight is 344 g/mol. The molecular formula is C16H14ClN5O2. The van der Waals surface area contributed by atoms with E-state index in [4.69, 9.17) is 20.9 Å². The van der Waals surface area contributed by atoms with E-state index in [0.29, 0.717) is 35.6 Å². The molecule has 0 atom stereocenters. The summed E-state index contributed by atoms with van der Waals surface area (Å²) in [5.41, 5.74) is 1.37. The molecule has 0 bridgehead atoms. The summed E-state index contributed by atoms with van der Waals surface area (Å²) in [4.78, 5) is 6.50. The predicted molar refractivity (Wildman–Crippen MR) is 88.8 cm³/mol. The Morgan fingerprint density at radius 3 is 2.46 bits per heavy atom. The van der Waals surface area contributed by atoms with E-state index >= 15 is 0 Å². The van der Waals surface area contributed by atoms with Crippen molar-refractivity contribution in [3.63, 3.8) is 0 Å². The Hall–Kier alpha value is -2.51. The predicted octanol–water partition coefficient (Wildman–Crippen LogP) is 2.68. The third-order valence-electron chi connectivity index (χ3n) is 3.73. The Bertz CT molecular complexity index is 813. The van der Waals surface area contributed by atoms with Crippen molar-refractivity contribution in [2.75, 3.05) is 31.2 Å². The van der Waals surface area contributed by atoms with Gasteiger partial charge in [0.25, 0.3) is 5.89 Å². The zero-order valence-electron chi connectivity index (χ0n) is 12.7. The molecule has 7 nitrogen and oxygen atoms in total. The minimum atomic E-state index is 0.334. The van der Waals surface area contributed by atoms with Crippen LogP contribution in [0.3, 0.4) is 0 Å². The number of ether oxygens (including phenoxy) is 1. The summed E-state index contributed by atoms with van der Waals surface area (Å²) in [7, 11) is 0. The fraction of sp³-hybridized carbons (Fsp3) is 0.250. The molecule has 0 amide bonds. The largest absolute Gasteiger partial charge is 0.378 e. The van der Waals surface area contributed by atoms with Gasteiger partial charge in [0.1, 0.15) is 0 Å². The standard InChI is InChI=1S/C16H14ClN5O2/c17-12-3-1-11(2-4-12)15-18-16(24-21-15)13-5-6-14(20-19-13)22-7-9-23-10-8-22/h1-6H,7-10H2. The summed E-state index contributed by atoms with van der Waals surface area (Å²) in [6.45, 7) is 3.04. The van der Waals surface area contributed by atoms with Crippen LogP contribution in [0.15, 0.2) is 40.9 Å². The van der Waals surface area contributed by atoms with Crippen molar-refractivity contribution in [2.45, 2.75) is 0 Å². The van der Waals surface area contributed by atoms with Crippen LogP contribution in [0.25, 0.3) is 23.0 Å². The van der Waals surface area contributed by atoms with Gasteiger partial charge in [-0.25, -0.2) is 0 Å². The third-order valence-corrected chi connectivity index (χ3v) is 3.99. The number of aromatic nitrogens is 4. The van der Waals surface area contributed by atoms with Gasteiger partial charge in [0, 0.05) is 23.7 Å². The Kier molecular flexibility index (Phi) is 4.10. The molecule has 1 aromatic carbocycles. The molecule has 0 radical (unpaired) electrons. The first-order valence-corrected chi connectivity index (χ1v) is 7.94. The Morgan fingerprint density at radius 1 is 0.958 bits per heavy atom. The lowest BCUT2D eigenvalue weighted by atomic mass is 10.2. The zero-order valence-corrected chi connectivity index (χ0v) is 13.5. The van der Waals surface area contributed by atoms with Gasteiger partial charge in [-0.2, -0.15) is 4.98 Å². The van der Waals surface area contributed by atoms with Crippen molar-refractivity contribution >= 4 is 17.4 Å². The Balaban J connectivity index is 1.54. The molecule has 0 unspecified atom stereocenters. The topological polar surface area (TPSA) is 77.2 Å². The molecule has 0 N–H and O–H groups in total. The van der Waals surface area contributed by atoms with Crippen LogP contribution in [0.5, 0.6) is 0 Å². The van der Waals surface area contributed by atoms with Crippen LogP contribution in [0.2, 0.25) is 5.02 Å². The quantitative estimate of drug-likeness (QED) is 0.723. The number of halogens is 1. The molecule has 1 aliphatic rings. The van der Waals surface area contributed by atoms with E-state index in [9.17, 15) is 0 Å². The first kappa shape index (κ1) is 15.0. The van der Waals surface area contributed by atoms with Gasteiger partial charge in [-0.3, -0.25) is 0 Å². The zero-order chi connectivity index (χ0) is 16.4. The van der Waals surface area contributed by atoms with Gasteiger partial charge in [-0.15, -0.1) is 10.2 Å². The smallest absolute Gasteiger partial charge is 0.278 e. The lowest BCUT2D eigenvalue weighted by Crippen LogP contribution is -2.36. The number of nitrogens with zero attached hydrogens (tertiary/aromatic N) is 5. The van der Waals surface area contributed by atoms with Crippen LogP contribution in [0.1, 0.15) is 0 Å². The maximum Gasteiger partial charge on any atom is 0.278 e. The minimum Gasteiger partial charge on any atom is -0.378 e. The summed E-state index contributed by atoms with van der Waals surface area (Å²) >= 11 is 5.88. The van der Waals surface area contributed by atoms with Crippen molar-refractivity contribution in [3.05, 3.63) is 41.4 Å². The molecule has 2 aromatic heterocycles. The van der Waals surface area contributed by atoms with Crippen LogP contribution in [-0.2, 0) is 4.74 Å².